The van der Waals surface area contributed by atoms with Crippen molar-refractivity contribution >= 4 is 0 Å². The van der Waals surface area contributed by atoms with Crippen LogP contribution in [0.5, 0.6) is 0 Å². The van der Waals surface area contributed by atoms with Crippen molar-refractivity contribution in [1.29, 1.82) is 0 Å². The van der Waals surface area contributed by atoms with E-state index in [0.29, 0.717) is 5.92 Å². The zero-order chi connectivity index (χ0) is 16.8. The summed E-state index contributed by atoms with van der Waals surface area (Å²) in [5.41, 5.74) is 0. The number of hydrogen-bond acceptors (Lipinski definition) is 0. The molecule has 3 aliphatic rings. The van der Waals surface area contributed by atoms with Gasteiger partial charge in [0.15, 0.2) is 0 Å². The van der Waals surface area contributed by atoms with Gasteiger partial charge in [0, 0.05) is 0 Å². The van der Waals surface area contributed by atoms with Crippen LogP contribution in [0, 0.1) is 35.5 Å². The van der Waals surface area contributed by atoms with Crippen molar-refractivity contribution in [2.24, 2.45) is 35.5 Å². The van der Waals surface area contributed by atoms with Gasteiger partial charge in [-0.05, 0) is 99.7 Å². The summed E-state index contributed by atoms with van der Waals surface area (Å²) in [7, 11) is 0. The summed E-state index contributed by atoms with van der Waals surface area (Å²) < 4.78 is 12.8. The number of unbranched alkanes of at least 4 members (excludes halogenated alkanes) is 1. The van der Waals surface area contributed by atoms with Crippen LogP contribution in [0.1, 0.15) is 103 Å². The minimum Gasteiger partial charge on any atom is -0.251 e. The number of rotatable bonds is 6. The van der Waals surface area contributed by atoms with E-state index in [1.165, 1.54) is 96.3 Å². The summed E-state index contributed by atoms with van der Waals surface area (Å²) >= 11 is 0. The van der Waals surface area contributed by atoms with Crippen LogP contribution in [-0.4, -0.2) is 6.67 Å². The van der Waals surface area contributed by atoms with Crippen LogP contribution in [0.2, 0.25) is 0 Å². The molecule has 0 aliphatic heterocycles. The summed E-state index contributed by atoms with van der Waals surface area (Å²) in [4.78, 5) is 0. The Labute approximate surface area is 150 Å². The lowest BCUT2D eigenvalue weighted by Gasteiger charge is -2.41. The molecule has 0 N–H and O–H groups in total. The van der Waals surface area contributed by atoms with Gasteiger partial charge in [-0.1, -0.05) is 39.0 Å². The highest BCUT2D eigenvalue weighted by atomic mass is 19.1. The smallest absolute Gasteiger partial charge is 0.0922 e. The standard InChI is InChI=1S/C23H41F/c1-2-3-4-18-5-9-20(10-6-18)22-13-15-23(16-14-22)21-11-7-19(17-24)8-12-21/h18-23H,2-17H2,1H3. The molecule has 0 spiro atoms. The summed E-state index contributed by atoms with van der Waals surface area (Å²) in [5.74, 6) is 5.51. The maximum atomic E-state index is 12.8. The van der Waals surface area contributed by atoms with Gasteiger partial charge >= 0.3 is 0 Å². The molecule has 0 bridgehead atoms. The molecule has 3 rings (SSSR count). The van der Waals surface area contributed by atoms with E-state index in [1.54, 1.807) is 0 Å². The summed E-state index contributed by atoms with van der Waals surface area (Å²) in [6.45, 7) is 2.26. The molecule has 0 aromatic rings. The van der Waals surface area contributed by atoms with Crippen LogP contribution >= 0.6 is 0 Å². The topological polar surface area (TPSA) is 0 Å². The van der Waals surface area contributed by atoms with Crippen molar-refractivity contribution < 1.29 is 4.39 Å². The average Bonchev–Trinajstić information content (AvgIpc) is 2.67. The fraction of sp³-hybridized carbons (Fsp3) is 1.00. The first-order valence-corrected chi connectivity index (χ1v) is 11.4. The summed E-state index contributed by atoms with van der Waals surface area (Å²) in [5, 5.41) is 0. The van der Waals surface area contributed by atoms with Crippen LogP contribution in [0.25, 0.3) is 0 Å². The summed E-state index contributed by atoms with van der Waals surface area (Å²) in [6, 6.07) is 0. The van der Waals surface area contributed by atoms with E-state index >= 15 is 0 Å². The highest BCUT2D eigenvalue weighted by Crippen LogP contribution is 2.46. The predicted octanol–water partition coefficient (Wildman–Crippen LogP) is 7.57. The van der Waals surface area contributed by atoms with Crippen LogP contribution in [0.15, 0.2) is 0 Å². The maximum absolute atomic E-state index is 12.8. The molecule has 0 amide bonds. The van der Waals surface area contributed by atoms with Gasteiger partial charge < -0.3 is 0 Å². The summed E-state index contributed by atoms with van der Waals surface area (Å²) in [6.07, 6.45) is 21.4. The fourth-order valence-corrected chi connectivity index (χ4v) is 6.34. The zero-order valence-electron chi connectivity index (χ0n) is 16.2. The van der Waals surface area contributed by atoms with Crippen molar-refractivity contribution in [2.75, 3.05) is 6.67 Å². The Morgan fingerprint density at radius 3 is 1.33 bits per heavy atom. The Hall–Kier alpha value is -0.0700. The van der Waals surface area contributed by atoms with E-state index in [0.717, 1.165) is 29.6 Å². The first-order chi connectivity index (χ1) is 11.8. The van der Waals surface area contributed by atoms with Crippen LogP contribution in [0.3, 0.4) is 0 Å². The molecule has 0 aromatic carbocycles. The molecule has 0 saturated heterocycles. The van der Waals surface area contributed by atoms with E-state index in [1.807, 2.05) is 0 Å². The first kappa shape index (κ1) is 18.7. The molecule has 24 heavy (non-hydrogen) atoms. The molecular formula is C23H41F. The Balaban J connectivity index is 1.35. The maximum Gasteiger partial charge on any atom is 0.0922 e. The third kappa shape index (κ3) is 4.98. The lowest BCUT2D eigenvalue weighted by atomic mass is 9.65. The number of alkyl halides is 1. The number of halogens is 1. The van der Waals surface area contributed by atoms with Gasteiger partial charge in [-0.2, -0.15) is 0 Å². The lowest BCUT2D eigenvalue weighted by molar-refractivity contribution is 0.0999. The van der Waals surface area contributed by atoms with Crippen molar-refractivity contribution in [3.63, 3.8) is 0 Å². The largest absolute Gasteiger partial charge is 0.251 e. The molecule has 1 heteroatoms. The Bertz CT molecular complexity index is 328. The minimum absolute atomic E-state index is 0.0691. The fourth-order valence-electron chi connectivity index (χ4n) is 6.34. The Kier molecular flexibility index (Phi) is 7.47. The second-order valence-electron chi connectivity index (χ2n) is 9.53. The molecule has 3 fully saturated rings. The lowest BCUT2D eigenvalue weighted by Crippen LogP contribution is -2.30. The van der Waals surface area contributed by atoms with Crippen molar-refractivity contribution in [3.8, 4) is 0 Å². The van der Waals surface area contributed by atoms with Crippen molar-refractivity contribution in [2.45, 2.75) is 103 Å². The van der Waals surface area contributed by atoms with Gasteiger partial charge in [0.1, 0.15) is 0 Å². The SMILES string of the molecule is CCCCC1CCC(C2CCC(C3CCC(CF)CC3)CC2)CC1. The molecule has 0 nitrogen and oxygen atoms in total. The Morgan fingerprint density at radius 1 is 0.583 bits per heavy atom. The van der Waals surface area contributed by atoms with Crippen molar-refractivity contribution in [3.05, 3.63) is 0 Å². The number of hydrogen-bond donors (Lipinski definition) is 0. The van der Waals surface area contributed by atoms with Crippen LogP contribution < -0.4 is 0 Å². The molecule has 0 radical (unpaired) electrons. The van der Waals surface area contributed by atoms with E-state index in [9.17, 15) is 4.39 Å². The van der Waals surface area contributed by atoms with Gasteiger partial charge in [0.25, 0.3) is 0 Å². The quantitative estimate of drug-likeness (QED) is 0.469. The minimum atomic E-state index is -0.0691. The zero-order valence-corrected chi connectivity index (χ0v) is 16.2. The van der Waals surface area contributed by atoms with Crippen molar-refractivity contribution in [1.82, 2.24) is 0 Å². The van der Waals surface area contributed by atoms with Gasteiger partial charge in [-0.3, -0.25) is 4.39 Å². The first-order valence-electron chi connectivity index (χ1n) is 11.4. The van der Waals surface area contributed by atoms with E-state index < -0.39 is 0 Å². The van der Waals surface area contributed by atoms with E-state index in [2.05, 4.69) is 6.92 Å². The predicted molar refractivity (Wildman–Crippen MR) is 102 cm³/mol. The highest BCUT2D eigenvalue weighted by Gasteiger charge is 2.34. The van der Waals surface area contributed by atoms with Gasteiger partial charge in [0.05, 0.1) is 6.67 Å². The van der Waals surface area contributed by atoms with Gasteiger partial charge in [-0.15, -0.1) is 0 Å². The second-order valence-corrected chi connectivity index (χ2v) is 9.53. The molecule has 0 unspecified atom stereocenters. The molecular weight excluding hydrogens is 295 g/mol. The third-order valence-electron chi connectivity index (χ3n) is 8.12. The average molecular weight is 337 g/mol. The molecule has 140 valence electrons. The highest BCUT2D eigenvalue weighted by molar-refractivity contribution is 4.85. The third-order valence-corrected chi connectivity index (χ3v) is 8.12. The normalized spacial score (nSPS) is 41.2. The molecule has 0 aromatic heterocycles. The monoisotopic (exact) mass is 336 g/mol. The van der Waals surface area contributed by atoms with E-state index in [-0.39, 0.29) is 6.67 Å². The molecule has 3 saturated carbocycles. The second kappa shape index (κ2) is 9.58. The Morgan fingerprint density at radius 2 is 0.958 bits per heavy atom. The molecule has 3 aliphatic carbocycles. The van der Waals surface area contributed by atoms with Crippen LogP contribution in [-0.2, 0) is 0 Å². The molecule has 0 heterocycles. The van der Waals surface area contributed by atoms with E-state index in [4.69, 9.17) is 0 Å². The van der Waals surface area contributed by atoms with Gasteiger partial charge in [0.2, 0.25) is 0 Å². The van der Waals surface area contributed by atoms with Crippen LogP contribution in [0.4, 0.5) is 4.39 Å². The molecule has 0 atom stereocenters. The van der Waals surface area contributed by atoms with Gasteiger partial charge in [-0.25, -0.2) is 0 Å².